The summed E-state index contributed by atoms with van der Waals surface area (Å²) in [5, 5.41) is 3.37. The molecular formula is C12H20N4. The fourth-order valence-corrected chi connectivity index (χ4v) is 2.07. The summed E-state index contributed by atoms with van der Waals surface area (Å²) < 4.78 is 0. The number of hydrogen-bond acceptors (Lipinski definition) is 4. The Balaban J connectivity index is 2.07. The maximum Gasteiger partial charge on any atom is 0.132 e. The van der Waals surface area contributed by atoms with E-state index in [1.165, 1.54) is 5.56 Å². The molecule has 1 aliphatic heterocycles. The second-order valence-electron chi connectivity index (χ2n) is 4.41. The normalized spacial score (nSPS) is 17.4. The number of hydrogen-bond donors (Lipinski definition) is 1. The lowest BCUT2D eigenvalue weighted by Gasteiger charge is -2.28. The van der Waals surface area contributed by atoms with Gasteiger partial charge in [-0.3, -0.25) is 4.90 Å². The molecule has 16 heavy (non-hydrogen) atoms. The van der Waals surface area contributed by atoms with Crippen LogP contribution in [0.2, 0.25) is 0 Å². The van der Waals surface area contributed by atoms with E-state index in [9.17, 15) is 0 Å². The number of piperazine rings is 1. The molecule has 1 N–H and O–H groups in total. The highest BCUT2D eigenvalue weighted by Crippen LogP contribution is 2.16. The largest absolute Gasteiger partial charge is 0.362 e. The van der Waals surface area contributed by atoms with Gasteiger partial charge < -0.3 is 10.2 Å². The van der Waals surface area contributed by atoms with Gasteiger partial charge in [-0.2, -0.15) is 0 Å². The van der Waals surface area contributed by atoms with Crippen LogP contribution in [0, 0.1) is 0 Å². The maximum absolute atomic E-state index is 4.43. The van der Waals surface area contributed by atoms with Crippen LogP contribution in [-0.2, 0) is 6.54 Å². The topological polar surface area (TPSA) is 31.4 Å². The van der Waals surface area contributed by atoms with Crippen LogP contribution in [0.25, 0.3) is 0 Å². The Hall–Kier alpha value is -1.13. The van der Waals surface area contributed by atoms with Gasteiger partial charge in [0.1, 0.15) is 5.82 Å². The number of nitrogens with one attached hydrogen (secondary N) is 1. The molecule has 4 nitrogen and oxygen atoms in total. The minimum atomic E-state index is 1.00. The third kappa shape index (κ3) is 2.71. The number of pyridine rings is 1. The van der Waals surface area contributed by atoms with Gasteiger partial charge in [0.05, 0.1) is 0 Å². The number of anilines is 1. The molecule has 1 saturated heterocycles. The zero-order valence-electron chi connectivity index (χ0n) is 10.1. The van der Waals surface area contributed by atoms with Gasteiger partial charge in [0.25, 0.3) is 0 Å². The third-order valence-electron chi connectivity index (χ3n) is 2.89. The Labute approximate surface area is 97.3 Å². The first-order chi connectivity index (χ1) is 7.77. The Morgan fingerprint density at radius 2 is 2.12 bits per heavy atom. The molecule has 0 spiro atoms. The highest BCUT2D eigenvalue weighted by Gasteiger charge is 2.13. The van der Waals surface area contributed by atoms with Crippen molar-refractivity contribution in [1.82, 2.24) is 15.2 Å². The van der Waals surface area contributed by atoms with Crippen LogP contribution in [0.15, 0.2) is 18.3 Å². The lowest BCUT2D eigenvalue weighted by molar-refractivity contribution is 0.233. The van der Waals surface area contributed by atoms with E-state index < -0.39 is 0 Å². The Kier molecular flexibility index (Phi) is 3.74. The fraction of sp³-hybridized carbons (Fsp3) is 0.583. The predicted octanol–water partition coefficient (Wildman–Crippen LogP) is 0.553. The van der Waals surface area contributed by atoms with Crippen molar-refractivity contribution >= 4 is 5.82 Å². The van der Waals surface area contributed by atoms with E-state index in [-0.39, 0.29) is 0 Å². The van der Waals surface area contributed by atoms with E-state index in [1.54, 1.807) is 0 Å². The molecule has 2 heterocycles. The lowest BCUT2D eigenvalue weighted by Crippen LogP contribution is -2.43. The Morgan fingerprint density at radius 1 is 1.38 bits per heavy atom. The first kappa shape index (κ1) is 11.4. The molecule has 1 fully saturated rings. The first-order valence-corrected chi connectivity index (χ1v) is 5.81. The van der Waals surface area contributed by atoms with Gasteiger partial charge in [0, 0.05) is 58.6 Å². The minimum Gasteiger partial charge on any atom is -0.362 e. The second kappa shape index (κ2) is 5.27. The quantitative estimate of drug-likeness (QED) is 0.806. The van der Waals surface area contributed by atoms with Crippen molar-refractivity contribution in [2.24, 2.45) is 0 Å². The van der Waals surface area contributed by atoms with Crippen molar-refractivity contribution in [1.29, 1.82) is 0 Å². The van der Waals surface area contributed by atoms with E-state index in [0.717, 1.165) is 38.5 Å². The summed E-state index contributed by atoms with van der Waals surface area (Å²) in [7, 11) is 4.09. The van der Waals surface area contributed by atoms with Crippen molar-refractivity contribution in [2.75, 3.05) is 45.2 Å². The summed E-state index contributed by atoms with van der Waals surface area (Å²) in [4.78, 5) is 8.98. The van der Waals surface area contributed by atoms with Crippen molar-refractivity contribution in [3.63, 3.8) is 0 Å². The van der Waals surface area contributed by atoms with E-state index >= 15 is 0 Å². The molecule has 0 bridgehead atoms. The smallest absolute Gasteiger partial charge is 0.132 e. The van der Waals surface area contributed by atoms with Crippen molar-refractivity contribution in [2.45, 2.75) is 6.54 Å². The number of nitrogens with zero attached hydrogens (tertiary/aromatic N) is 3. The average molecular weight is 220 g/mol. The van der Waals surface area contributed by atoms with Crippen molar-refractivity contribution in [3.8, 4) is 0 Å². The molecule has 0 aliphatic carbocycles. The molecule has 4 heteroatoms. The second-order valence-corrected chi connectivity index (χ2v) is 4.41. The molecule has 0 saturated carbocycles. The zero-order valence-corrected chi connectivity index (χ0v) is 10.1. The van der Waals surface area contributed by atoms with E-state index in [0.29, 0.717) is 0 Å². The molecule has 0 radical (unpaired) electrons. The summed E-state index contributed by atoms with van der Waals surface area (Å²) in [5.74, 6) is 1.08. The van der Waals surface area contributed by atoms with Crippen LogP contribution in [-0.4, -0.2) is 50.2 Å². The fourth-order valence-electron chi connectivity index (χ4n) is 2.07. The molecular weight excluding hydrogens is 200 g/mol. The van der Waals surface area contributed by atoms with Gasteiger partial charge in [-0.25, -0.2) is 4.98 Å². The minimum absolute atomic E-state index is 1.00. The van der Waals surface area contributed by atoms with Crippen LogP contribution in [0.5, 0.6) is 0 Å². The van der Waals surface area contributed by atoms with Crippen LogP contribution < -0.4 is 10.2 Å². The summed E-state index contributed by atoms with van der Waals surface area (Å²) in [6.07, 6.45) is 1.86. The predicted molar refractivity (Wildman–Crippen MR) is 66.7 cm³/mol. The summed E-state index contributed by atoms with van der Waals surface area (Å²) >= 11 is 0. The van der Waals surface area contributed by atoms with Gasteiger partial charge in [-0.05, 0) is 6.07 Å². The monoisotopic (exact) mass is 220 g/mol. The van der Waals surface area contributed by atoms with Crippen LogP contribution in [0.3, 0.4) is 0 Å². The van der Waals surface area contributed by atoms with Gasteiger partial charge in [-0.1, -0.05) is 6.07 Å². The van der Waals surface area contributed by atoms with Crippen molar-refractivity contribution < 1.29 is 0 Å². The summed E-state index contributed by atoms with van der Waals surface area (Å²) in [6, 6.07) is 4.19. The zero-order chi connectivity index (χ0) is 11.4. The molecule has 2 rings (SSSR count). The Morgan fingerprint density at radius 3 is 2.81 bits per heavy atom. The molecule has 0 unspecified atom stereocenters. The third-order valence-corrected chi connectivity index (χ3v) is 2.89. The standard InChI is InChI=1S/C12H20N4/c1-15(2)12-11(4-3-5-14-12)10-16-8-6-13-7-9-16/h3-5,13H,6-10H2,1-2H3. The van der Waals surface area contributed by atoms with Gasteiger partial charge in [0.2, 0.25) is 0 Å². The lowest BCUT2D eigenvalue weighted by atomic mass is 10.2. The van der Waals surface area contributed by atoms with E-state index in [1.807, 2.05) is 26.4 Å². The summed E-state index contributed by atoms with van der Waals surface area (Å²) in [6.45, 7) is 5.45. The van der Waals surface area contributed by atoms with Crippen LogP contribution in [0.1, 0.15) is 5.56 Å². The molecule has 1 aromatic heterocycles. The van der Waals surface area contributed by atoms with E-state index in [4.69, 9.17) is 0 Å². The van der Waals surface area contributed by atoms with Gasteiger partial charge in [0.15, 0.2) is 0 Å². The molecule has 88 valence electrons. The van der Waals surface area contributed by atoms with E-state index in [2.05, 4.69) is 26.2 Å². The summed E-state index contributed by atoms with van der Waals surface area (Å²) in [5.41, 5.74) is 1.31. The SMILES string of the molecule is CN(C)c1ncccc1CN1CCNCC1. The molecule has 1 aliphatic rings. The average Bonchev–Trinajstić information content (AvgIpc) is 2.31. The maximum atomic E-state index is 4.43. The van der Waals surface area contributed by atoms with Crippen molar-refractivity contribution in [3.05, 3.63) is 23.9 Å². The first-order valence-electron chi connectivity index (χ1n) is 5.81. The van der Waals surface area contributed by atoms with Crippen LogP contribution >= 0.6 is 0 Å². The highest BCUT2D eigenvalue weighted by atomic mass is 15.2. The molecule has 1 aromatic rings. The highest BCUT2D eigenvalue weighted by molar-refractivity contribution is 5.45. The number of rotatable bonds is 3. The molecule has 0 atom stereocenters. The molecule has 0 aromatic carbocycles. The van der Waals surface area contributed by atoms with Crippen LogP contribution in [0.4, 0.5) is 5.82 Å². The number of aromatic nitrogens is 1. The molecule has 0 amide bonds. The van der Waals surface area contributed by atoms with Gasteiger partial charge in [-0.15, -0.1) is 0 Å². The van der Waals surface area contributed by atoms with Gasteiger partial charge >= 0.3 is 0 Å². The Bertz CT molecular complexity index is 332.